The summed E-state index contributed by atoms with van der Waals surface area (Å²) < 4.78 is 4.54. The molecule has 3 N–H and O–H groups in total. The lowest BCUT2D eigenvalue weighted by Crippen LogP contribution is -2.10. The highest BCUT2D eigenvalue weighted by atomic mass is 35.5. The van der Waals surface area contributed by atoms with Gasteiger partial charge in [-0.1, -0.05) is 24.3 Å². The van der Waals surface area contributed by atoms with E-state index in [4.69, 9.17) is 11.1 Å². The Morgan fingerprint density at radius 1 is 1.38 bits per heavy atom. The molecular formula is C11H15ClN2O2. The zero-order valence-electron chi connectivity index (χ0n) is 9.03. The highest BCUT2D eigenvalue weighted by Gasteiger charge is 2.01. The van der Waals surface area contributed by atoms with E-state index in [0.29, 0.717) is 18.4 Å². The van der Waals surface area contributed by atoms with Crippen molar-refractivity contribution in [2.75, 3.05) is 7.11 Å². The number of hydrogen-bond acceptors (Lipinski definition) is 3. The van der Waals surface area contributed by atoms with Crippen LogP contribution in [0, 0.1) is 5.41 Å². The molecule has 1 rings (SSSR count). The summed E-state index contributed by atoms with van der Waals surface area (Å²) in [5.74, 6) is -0.167. The first kappa shape index (κ1) is 14.5. The van der Waals surface area contributed by atoms with Gasteiger partial charge in [0, 0.05) is 12.0 Å². The van der Waals surface area contributed by atoms with Gasteiger partial charge in [0.05, 0.1) is 7.11 Å². The normalized spacial score (nSPS) is 9.06. The van der Waals surface area contributed by atoms with Crippen LogP contribution in [0.4, 0.5) is 0 Å². The van der Waals surface area contributed by atoms with Gasteiger partial charge in [0.25, 0.3) is 0 Å². The number of nitrogens with two attached hydrogens (primary N) is 1. The minimum Gasteiger partial charge on any atom is -0.469 e. The van der Waals surface area contributed by atoms with Gasteiger partial charge < -0.3 is 10.5 Å². The Morgan fingerprint density at radius 2 is 1.94 bits per heavy atom. The Bertz CT molecular complexity index is 363. The standard InChI is InChI=1S/C11H14N2O2.ClH/c1-15-10(14)7-4-8-2-5-9(6-3-8)11(12)13;/h2-3,5-6H,4,7H2,1H3,(H3,12,13);1H. The molecule has 0 spiro atoms. The molecule has 0 amide bonds. The first-order valence-corrected chi connectivity index (χ1v) is 4.63. The number of esters is 1. The van der Waals surface area contributed by atoms with Crippen molar-refractivity contribution in [2.24, 2.45) is 5.73 Å². The smallest absolute Gasteiger partial charge is 0.305 e. The number of rotatable bonds is 4. The SMILES string of the molecule is COC(=O)CCc1ccc(C(=N)N)cc1.Cl. The van der Waals surface area contributed by atoms with Crippen molar-refractivity contribution >= 4 is 24.2 Å². The molecule has 0 heterocycles. The first-order chi connectivity index (χ1) is 7.13. The minimum absolute atomic E-state index is 0. The average Bonchev–Trinajstić information content (AvgIpc) is 2.26. The average molecular weight is 243 g/mol. The summed E-state index contributed by atoms with van der Waals surface area (Å²) in [7, 11) is 1.38. The van der Waals surface area contributed by atoms with E-state index in [1.807, 2.05) is 12.1 Å². The second-order valence-corrected chi connectivity index (χ2v) is 3.19. The molecule has 1 aromatic carbocycles. The highest BCUT2D eigenvalue weighted by Crippen LogP contribution is 2.06. The maximum atomic E-state index is 10.9. The Kier molecular flexibility index (Phi) is 6.18. The summed E-state index contributed by atoms with van der Waals surface area (Å²) in [5, 5.41) is 7.21. The Balaban J connectivity index is 0.00000225. The fourth-order valence-corrected chi connectivity index (χ4v) is 1.20. The molecule has 0 saturated heterocycles. The molecule has 0 aliphatic rings. The van der Waals surface area contributed by atoms with E-state index in [0.717, 1.165) is 5.56 Å². The van der Waals surface area contributed by atoms with E-state index >= 15 is 0 Å². The lowest BCUT2D eigenvalue weighted by Gasteiger charge is -2.02. The van der Waals surface area contributed by atoms with Crippen LogP contribution in [-0.2, 0) is 16.0 Å². The molecule has 0 aliphatic carbocycles. The number of halogens is 1. The third kappa shape index (κ3) is 4.31. The molecule has 0 atom stereocenters. The van der Waals surface area contributed by atoms with E-state index in [9.17, 15) is 4.79 Å². The number of benzene rings is 1. The molecule has 88 valence electrons. The lowest BCUT2D eigenvalue weighted by atomic mass is 10.1. The van der Waals surface area contributed by atoms with Crippen molar-refractivity contribution in [3.8, 4) is 0 Å². The topological polar surface area (TPSA) is 76.2 Å². The van der Waals surface area contributed by atoms with Gasteiger partial charge in [-0.2, -0.15) is 0 Å². The van der Waals surface area contributed by atoms with Crippen LogP contribution in [0.3, 0.4) is 0 Å². The summed E-state index contributed by atoms with van der Waals surface area (Å²) in [6.45, 7) is 0. The van der Waals surface area contributed by atoms with Crippen LogP contribution >= 0.6 is 12.4 Å². The van der Waals surface area contributed by atoms with Crippen LogP contribution in [0.2, 0.25) is 0 Å². The maximum Gasteiger partial charge on any atom is 0.305 e. The van der Waals surface area contributed by atoms with Crippen molar-refractivity contribution < 1.29 is 9.53 Å². The van der Waals surface area contributed by atoms with Gasteiger partial charge >= 0.3 is 5.97 Å². The van der Waals surface area contributed by atoms with Crippen LogP contribution in [-0.4, -0.2) is 18.9 Å². The van der Waals surface area contributed by atoms with Crippen LogP contribution < -0.4 is 5.73 Å². The van der Waals surface area contributed by atoms with Gasteiger partial charge in [0.2, 0.25) is 0 Å². The molecule has 0 saturated carbocycles. The van der Waals surface area contributed by atoms with Crippen molar-refractivity contribution in [1.82, 2.24) is 0 Å². The molecule has 0 bridgehead atoms. The van der Waals surface area contributed by atoms with E-state index < -0.39 is 0 Å². The number of ether oxygens (including phenoxy) is 1. The van der Waals surface area contributed by atoms with Crippen LogP contribution in [0.15, 0.2) is 24.3 Å². The first-order valence-electron chi connectivity index (χ1n) is 4.63. The second-order valence-electron chi connectivity index (χ2n) is 3.19. The van der Waals surface area contributed by atoms with Crippen molar-refractivity contribution in [1.29, 1.82) is 5.41 Å². The molecule has 0 fully saturated rings. The predicted octanol–water partition coefficient (Wildman–Crippen LogP) is 1.50. The van der Waals surface area contributed by atoms with Crippen molar-refractivity contribution in [2.45, 2.75) is 12.8 Å². The largest absolute Gasteiger partial charge is 0.469 e. The van der Waals surface area contributed by atoms with Crippen LogP contribution in [0.5, 0.6) is 0 Å². The molecule has 0 radical (unpaired) electrons. The Hall–Kier alpha value is -1.55. The summed E-state index contributed by atoms with van der Waals surface area (Å²) in [5.41, 5.74) is 7.04. The molecular weight excluding hydrogens is 228 g/mol. The second kappa shape index (κ2) is 6.85. The fourth-order valence-electron chi connectivity index (χ4n) is 1.20. The van der Waals surface area contributed by atoms with E-state index in [1.54, 1.807) is 12.1 Å². The molecule has 16 heavy (non-hydrogen) atoms. The van der Waals surface area contributed by atoms with Crippen LogP contribution in [0.25, 0.3) is 0 Å². The van der Waals surface area contributed by atoms with Crippen LogP contribution in [0.1, 0.15) is 17.5 Å². The Labute approximate surface area is 101 Å². The van der Waals surface area contributed by atoms with E-state index in [1.165, 1.54) is 7.11 Å². The Morgan fingerprint density at radius 3 is 2.38 bits per heavy atom. The van der Waals surface area contributed by atoms with Gasteiger partial charge in [0.15, 0.2) is 0 Å². The predicted molar refractivity (Wildman–Crippen MR) is 65.0 cm³/mol. The van der Waals surface area contributed by atoms with E-state index in [2.05, 4.69) is 4.74 Å². The van der Waals surface area contributed by atoms with Gasteiger partial charge in [0.1, 0.15) is 5.84 Å². The van der Waals surface area contributed by atoms with Gasteiger partial charge in [-0.3, -0.25) is 10.2 Å². The number of hydrogen-bond donors (Lipinski definition) is 2. The number of aryl methyl sites for hydroxylation is 1. The zero-order valence-corrected chi connectivity index (χ0v) is 9.84. The summed E-state index contributed by atoms with van der Waals surface area (Å²) >= 11 is 0. The van der Waals surface area contributed by atoms with E-state index in [-0.39, 0.29) is 24.2 Å². The fraction of sp³-hybridized carbons (Fsp3) is 0.273. The highest BCUT2D eigenvalue weighted by molar-refractivity contribution is 5.94. The van der Waals surface area contributed by atoms with Gasteiger partial charge in [-0.25, -0.2) is 0 Å². The van der Waals surface area contributed by atoms with Crippen molar-refractivity contribution in [3.05, 3.63) is 35.4 Å². The summed E-state index contributed by atoms with van der Waals surface area (Å²) in [4.78, 5) is 10.9. The van der Waals surface area contributed by atoms with Crippen molar-refractivity contribution in [3.63, 3.8) is 0 Å². The lowest BCUT2D eigenvalue weighted by molar-refractivity contribution is -0.140. The number of methoxy groups -OCH3 is 1. The molecule has 4 nitrogen and oxygen atoms in total. The monoisotopic (exact) mass is 242 g/mol. The quantitative estimate of drug-likeness (QED) is 0.477. The molecule has 0 aliphatic heterocycles. The molecule has 5 heteroatoms. The number of amidine groups is 1. The number of carbonyl (C=O) groups excluding carboxylic acids is 1. The number of carbonyl (C=O) groups is 1. The third-order valence-corrected chi connectivity index (χ3v) is 2.11. The third-order valence-electron chi connectivity index (χ3n) is 2.11. The maximum absolute atomic E-state index is 10.9. The van der Waals surface area contributed by atoms with Gasteiger partial charge in [-0.15, -0.1) is 12.4 Å². The molecule has 0 unspecified atom stereocenters. The molecule has 0 aromatic heterocycles. The number of nitrogens with one attached hydrogen (secondary N) is 1. The summed E-state index contributed by atoms with van der Waals surface area (Å²) in [6.07, 6.45) is 1.01. The van der Waals surface area contributed by atoms with Gasteiger partial charge in [-0.05, 0) is 12.0 Å². The minimum atomic E-state index is -0.217. The molecule has 1 aromatic rings. The number of nitrogen functional groups attached to an aromatic ring is 1. The zero-order chi connectivity index (χ0) is 11.3. The summed E-state index contributed by atoms with van der Waals surface area (Å²) in [6, 6.07) is 7.27.